The summed E-state index contributed by atoms with van der Waals surface area (Å²) in [7, 11) is 1.43. The van der Waals surface area contributed by atoms with Crippen LogP contribution in [0.1, 0.15) is 11.1 Å². The van der Waals surface area contributed by atoms with Crippen molar-refractivity contribution in [2.45, 2.75) is 6.61 Å². The van der Waals surface area contributed by atoms with Crippen molar-refractivity contribution in [3.8, 4) is 11.5 Å². The molecule has 1 saturated heterocycles. The highest BCUT2D eigenvalue weighted by Gasteiger charge is 2.36. The summed E-state index contributed by atoms with van der Waals surface area (Å²) < 4.78 is 11.1. The van der Waals surface area contributed by atoms with Crippen LogP contribution in [-0.2, 0) is 16.2 Å². The van der Waals surface area contributed by atoms with Gasteiger partial charge in [0.15, 0.2) is 11.5 Å². The van der Waals surface area contributed by atoms with Crippen molar-refractivity contribution in [1.82, 2.24) is 4.90 Å². The summed E-state index contributed by atoms with van der Waals surface area (Å²) in [6, 6.07) is 8.13. The van der Waals surface area contributed by atoms with Crippen LogP contribution in [0.5, 0.6) is 11.5 Å². The Morgan fingerprint density at radius 2 is 1.90 bits per heavy atom. The number of aliphatic carboxylic acids is 1. The SMILES string of the molecule is COc1cc(/C=C2/SC(=O)N(CC(=O)O)C2=O)cc(Cl)c1OCc1ccc(Cl)cc1Cl. The molecule has 1 fully saturated rings. The van der Waals surface area contributed by atoms with Gasteiger partial charge in [0.1, 0.15) is 13.2 Å². The first kappa shape index (κ1) is 23.3. The molecule has 0 unspecified atom stereocenters. The van der Waals surface area contributed by atoms with Crippen molar-refractivity contribution in [3.05, 3.63) is 61.4 Å². The molecule has 0 aliphatic carbocycles. The van der Waals surface area contributed by atoms with Crippen LogP contribution < -0.4 is 9.47 Å². The predicted octanol–water partition coefficient (Wildman–Crippen LogP) is 5.36. The Balaban J connectivity index is 1.84. The summed E-state index contributed by atoms with van der Waals surface area (Å²) in [6.45, 7) is -0.592. The Morgan fingerprint density at radius 3 is 2.55 bits per heavy atom. The quantitative estimate of drug-likeness (QED) is 0.510. The van der Waals surface area contributed by atoms with Crippen LogP contribution in [0.25, 0.3) is 6.08 Å². The van der Waals surface area contributed by atoms with E-state index in [1.165, 1.54) is 19.3 Å². The maximum absolute atomic E-state index is 12.3. The molecule has 1 aliphatic heterocycles. The standard InChI is InChI=1S/C20H14Cl3NO6S/c1-29-15-5-10(6-16-19(27)24(8-17(25)26)20(28)31-16)4-14(23)18(15)30-9-11-2-3-12(21)7-13(11)22/h2-7H,8-9H2,1H3,(H,25,26)/b16-6+. The number of rotatable bonds is 7. The molecule has 0 spiro atoms. The summed E-state index contributed by atoms with van der Waals surface area (Å²) in [4.78, 5) is 35.8. The van der Waals surface area contributed by atoms with E-state index in [1.54, 1.807) is 24.3 Å². The number of methoxy groups -OCH3 is 1. The van der Waals surface area contributed by atoms with Crippen LogP contribution in [0.3, 0.4) is 0 Å². The largest absolute Gasteiger partial charge is 0.493 e. The number of imide groups is 1. The Labute approximate surface area is 196 Å². The number of nitrogens with zero attached hydrogens (tertiary/aromatic N) is 1. The molecular formula is C20H14Cl3NO6S. The summed E-state index contributed by atoms with van der Waals surface area (Å²) in [5.74, 6) is -1.40. The van der Waals surface area contributed by atoms with Crippen LogP contribution in [0.2, 0.25) is 15.1 Å². The van der Waals surface area contributed by atoms with Crippen LogP contribution in [0.4, 0.5) is 4.79 Å². The van der Waals surface area contributed by atoms with Gasteiger partial charge in [-0.2, -0.15) is 0 Å². The van der Waals surface area contributed by atoms with Gasteiger partial charge in [-0.05, 0) is 47.7 Å². The first-order valence-electron chi connectivity index (χ1n) is 8.61. The van der Waals surface area contributed by atoms with Crippen molar-refractivity contribution in [2.75, 3.05) is 13.7 Å². The number of carboxylic acids is 1. The maximum atomic E-state index is 12.3. The number of ether oxygens (including phenoxy) is 2. The first-order chi connectivity index (χ1) is 14.7. The number of thioether (sulfide) groups is 1. The Kier molecular flexibility index (Phi) is 7.38. The van der Waals surface area contributed by atoms with E-state index >= 15 is 0 Å². The number of hydrogen-bond acceptors (Lipinski definition) is 6. The fourth-order valence-corrected chi connectivity index (χ4v) is 4.25. The summed E-state index contributed by atoms with van der Waals surface area (Å²) in [5, 5.41) is 9.34. The van der Waals surface area contributed by atoms with E-state index in [1.807, 2.05) is 0 Å². The molecule has 3 rings (SSSR count). The fraction of sp³-hybridized carbons (Fsp3) is 0.150. The molecule has 2 aromatic rings. The predicted molar refractivity (Wildman–Crippen MR) is 119 cm³/mol. The second-order valence-electron chi connectivity index (χ2n) is 6.22. The van der Waals surface area contributed by atoms with E-state index in [4.69, 9.17) is 49.4 Å². The molecule has 1 aliphatic rings. The second kappa shape index (κ2) is 9.82. The minimum Gasteiger partial charge on any atom is -0.493 e. The van der Waals surface area contributed by atoms with Gasteiger partial charge in [0.25, 0.3) is 11.1 Å². The summed E-state index contributed by atoms with van der Waals surface area (Å²) in [6.07, 6.45) is 1.43. The molecule has 1 N–H and O–H groups in total. The topological polar surface area (TPSA) is 93.1 Å². The Morgan fingerprint density at radius 1 is 1.16 bits per heavy atom. The van der Waals surface area contributed by atoms with Crippen LogP contribution in [0.15, 0.2) is 35.2 Å². The van der Waals surface area contributed by atoms with Crippen molar-refractivity contribution < 1.29 is 29.0 Å². The van der Waals surface area contributed by atoms with Gasteiger partial charge in [0.2, 0.25) is 0 Å². The normalized spacial score (nSPS) is 15.0. The monoisotopic (exact) mass is 501 g/mol. The molecule has 31 heavy (non-hydrogen) atoms. The van der Waals surface area contributed by atoms with E-state index in [0.29, 0.717) is 43.6 Å². The maximum Gasteiger partial charge on any atom is 0.323 e. The minimum atomic E-state index is -1.28. The van der Waals surface area contributed by atoms with Gasteiger partial charge in [-0.3, -0.25) is 19.3 Å². The van der Waals surface area contributed by atoms with Gasteiger partial charge in [0.05, 0.1) is 17.0 Å². The molecule has 7 nitrogen and oxygen atoms in total. The molecule has 0 bridgehead atoms. The van der Waals surface area contributed by atoms with Crippen LogP contribution in [0, 0.1) is 0 Å². The van der Waals surface area contributed by atoms with Crippen molar-refractivity contribution in [1.29, 1.82) is 0 Å². The Bertz CT molecular complexity index is 1100. The van der Waals surface area contributed by atoms with Crippen molar-refractivity contribution >= 4 is 69.8 Å². The number of benzene rings is 2. The van der Waals surface area contributed by atoms with Gasteiger partial charge in [-0.15, -0.1) is 0 Å². The molecule has 1 heterocycles. The number of amides is 2. The molecule has 2 aromatic carbocycles. The number of carboxylic acid groups (broad SMARTS) is 1. The van der Waals surface area contributed by atoms with Gasteiger partial charge < -0.3 is 14.6 Å². The average Bonchev–Trinajstić information content (AvgIpc) is 2.95. The van der Waals surface area contributed by atoms with E-state index in [0.717, 1.165) is 0 Å². The number of carbonyl (C=O) groups is 3. The molecule has 11 heteroatoms. The lowest BCUT2D eigenvalue weighted by atomic mass is 10.1. The highest BCUT2D eigenvalue weighted by Crippen LogP contribution is 2.39. The fourth-order valence-electron chi connectivity index (χ4n) is 2.67. The lowest BCUT2D eigenvalue weighted by molar-refractivity contribution is -0.140. The summed E-state index contributed by atoms with van der Waals surface area (Å²) in [5.41, 5.74) is 1.17. The summed E-state index contributed by atoms with van der Waals surface area (Å²) >= 11 is 19.1. The molecule has 162 valence electrons. The smallest absolute Gasteiger partial charge is 0.323 e. The van der Waals surface area contributed by atoms with E-state index in [2.05, 4.69) is 0 Å². The van der Waals surface area contributed by atoms with Crippen molar-refractivity contribution in [3.63, 3.8) is 0 Å². The van der Waals surface area contributed by atoms with Gasteiger partial charge in [-0.25, -0.2) is 0 Å². The van der Waals surface area contributed by atoms with E-state index < -0.39 is 23.7 Å². The number of carbonyl (C=O) groups excluding carboxylic acids is 2. The first-order valence-corrected chi connectivity index (χ1v) is 10.6. The second-order valence-corrected chi connectivity index (χ2v) is 8.46. The average molecular weight is 503 g/mol. The lowest BCUT2D eigenvalue weighted by Gasteiger charge is -2.14. The van der Waals surface area contributed by atoms with Gasteiger partial charge >= 0.3 is 5.97 Å². The van der Waals surface area contributed by atoms with Gasteiger partial charge in [0, 0.05) is 15.6 Å². The van der Waals surface area contributed by atoms with Crippen LogP contribution >= 0.6 is 46.6 Å². The third-order valence-corrected chi connectivity index (χ3v) is 5.88. The van der Waals surface area contributed by atoms with E-state index in [-0.39, 0.29) is 22.3 Å². The van der Waals surface area contributed by atoms with Crippen molar-refractivity contribution in [2.24, 2.45) is 0 Å². The third kappa shape index (κ3) is 5.46. The molecule has 0 atom stereocenters. The zero-order valence-corrected chi connectivity index (χ0v) is 18.9. The van der Waals surface area contributed by atoms with Crippen LogP contribution in [-0.4, -0.2) is 40.8 Å². The van der Waals surface area contributed by atoms with Gasteiger partial charge in [-0.1, -0.05) is 40.9 Å². The molecular weight excluding hydrogens is 489 g/mol. The minimum absolute atomic E-state index is 0.0750. The Hall–Kier alpha value is -2.39. The number of halogens is 3. The molecule has 0 saturated carbocycles. The molecule has 2 amide bonds. The zero-order chi connectivity index (χ0) is 22.7. The highest BCUT2D eigenvalue weighted by molar-refractivity contribution is 8.18. The highest BCUT2D eigenvalue weighted by atomic mass is 35.5. The molecule has 0 radical (unpaired) electrons. The zero-order valence-electron chi connectivity index (χ0n) is 15.9. The van der Waals surface area contributed by atoms with E-state index in [9.17, 15) is 14.4 Å². The molecule has 0 aromatic heterocycles. The number of hydrogen-bond donors (Lipinski definition) is 1. The third-order valence-electron chi connectivity index (χ3n) is 4.10. The lowest BCUT2D eigenvalue weighted by Crippen LogP contribution is -2.33.